The van der Waals surface area contributed by atoms with Gasteiger partial charge in [-0.05, 0) is 37.0 Å². The summed E-state index contributed by atoms with van der Waals surface area (Å²) in [6, 6.07) is 5.61. The number of carbonyl (C=O) groups is 2. The number of halogens is 1. The lowest BCUT2D eigenvalue weighted by Gasteiger charge is -2.34. The summed E-state index contributed by atoms with van der Waals surface area (Å²) in [5.74, 6) is -0.910. The van der Waals surface area contributed by atoms with Gasteiger partial charge in [0.1, 0.15) is 11.9 Å². The van der Waals surface area contributed by atoms with Gasteiger partial charge >= 0.3 is 5.97 Å². The molecule has 2 aliphatic heterocycles. The number of amides is 1. The van der Waals surface area contributed by atoms with Crippen molar-refractivity contribution in [3.63, 3.8) is 0 Å². The molecule has 0 spiro atoms. The highest BCUT2D eigenvalue weighted by molar-refractivity contribution is 5.95. The first-order valence-electron chi connectivity index (χ1n) is 8.43. The summed E-state index contributed by atoms with van der Waals surface area (Å²) < 4.78 is 17.8. The maximum atomic E-state index is 13.0. The number of rotatable bonds is 4. The highest BCUT2D eigenvalue weighted by atomic mass is 19.1. The van der Waals surface area contributed by atoms with Gasteiger partial charge in [-0.25, -0.2) is 9.18 Å². The van der Waals surface area contributed by atoms with E-state index >= 15 is 0 Å². The van der Waals surface area contributed by atoms with Crippen molar-refractivity contribution in [1.29, 1.82) is 0 Å². The Kier molecular flexibility index (Phi) is 5.31. The average Bonchev–Trinajstić information content (AvgIpc) is 3.11. The fraction of sp³-hybridized carbons (Fsp3) is 0.500. The topological polar surface area (TPSA) is 68.2 Å². The van der Waals surface area contributed by atoms with E-state index in [9.17, 15) is 14.0 Å². The number of methoxy groups -OCH3 is 1. The lowest BCUT2D eigenvalue weighted by atomic mass is 9.99. The zero-order valence-electron chi connectivity index (χ0n) is 14.1. The second-order valence-corrected chi connectivity index (χ2v) is 6.33. The predicted octanol–water partition coefficient (Wildman–Crippen LogP) is 2.07. The predicted molar refractivity (Wildman–Crippen MR) is 88.4 cm³/mol. The van der Waals surface area contributed by atoms with Gasteiger partial charge in [0.25, 0.3) is 5.91 Å². The van der Waals surface area contributed by atoms with E-state index < -0.39 is 18.1 Å². The number of likely N-dealkylation sites (tertiary alicyclic amines) is 1. The number of benzene rings is 1. The van der Waals surface area contributed by atoms with Crippen LogP contribution in [0, 0.1) is 5.82 Å². The van der Waals surface area contributed by atoms with Crippen LogP contribution in [-0.2, 0) is 25.6 Å². The molecule has 134 valence electrons. The van der Waals surface area contributed by atoms with Gasteiger partial charge < -0.3 is 14.5 Å². The number of nitrogens with zero attached hydrogens (tertiary/aromatic N) is 2. The molecule has 0 N–H and O–H groups in total. The SMILES string of the molecule is COC(=O)[C@H]1CCCCN1C(=O)[C@H]1CC(Cc2ccc(F)cc2)=NO1. The van der Waals surface area contributed by atoms with E-state index in [0.717, 1.165) is 24.1 Å². The molecular weight excluding hydrogens is 327 g/mol. The fourth-order valence-corrected chi connectivity index (χ4v) is 3.26. The standard InChI is InChI=1S/C18H21FN2O4/c1-24-18(23)15-4-2-3-9-21(15)17(22)16-11-14(20-25-16)10-12-5-7-13(19)8-6-12/h5-8,15-16H,2-4,9-11H2,1H3/t15-,16-/m1/s1. The van der Waals surface area contributed by atoms with Crippen LogP contribution in [0.4, 0.5) is 4.39 Å². The maximum Gasteiger partial charge on any atom is 0.328 e. The molecule has 1 amide bonds. The highest BCUT2D eigenvalue weighted by Gasteiger charge is 2.39. The number of esters is 1. The van der Waals surface area contributed by atoms with Crippen LogP contribution in [0.5, 0.6) is 0 Å². The van der Waals surface area contributed by atoms with Gasteiger partial charge in [-0.1, -0.05) is 17.3 Å². The minimum absolute atomic E-state index is 0.229. The van der Waals surface area contributed by atoms with Crippen LogP contribution in [0.15, 0.2) is 29.4 Å². The molecule has 0 saturated carbocycles. The molecular formula is C18H21FN2O4. The smallest absolute Gasteiger partial charge is 0.328 e. The van der Waals surface area contributed by atoms with Gasteiger partial charge in [0.05, 0.1) is 12.8 Å². The molecule has 3 rings (SSSR count). The zero-order valence-corrected chi connectivity index (χ0v) is 14.1. The van der Waals surface area contributed by atoms with E-state index in [4.69, 9.17) is 9.57 Å². The molecule has 6 nitrogen and oxygen atoms in total. The summed E-state index contributed by atoms with van der Waals surface area (Å²) in [5.41, 5.74) is 1.64. The molecule has 7 heteroatoms. The Bertz CT molecular complexity index is 674. The fourth-order valence-electron chi connectivity index (χ4n) is 3.26. The summed E-state index contributed by atoms with van der Waals surface area (Å²) in [6.07, 6.45) is 2.52. The molecule has 1 aromatic carbocycles. The number of ether oxygens (including phenoxy) is 1. The minimum Gasteiger partial charge on any atom is -0.467 e. The van der Waals surface area contributed by atoms with E-state index in [1.54, 1.807) is 17.0 Å². The number of oxime groups is 1. The Morgan fingerprint density at radius 3 is 2.80 bits per heavy atom. The zero-order chi connectivity index (χ0) is 17.8. The lowest BCUT2D eigenvalue weighted by Crippen LogP contribution is -2.51. The van der Waals surface area contributed by atoms with E-state index in [2.05, 4.69) is 5.16 Å². The van der Waals surface area contributed by atoms with Gasteiger partial charge in [-0.2, -0.15) is 0 Å². The van der Waals surface area contributed by atoms with Gasteiger partial charge in [0, 0.05) is 19.4 Å². The third kappa shape index (κ3) is 3.97. The summed E-state index contributed by atoms with van der Waals surface area (Å²) in [7, 11) is 1.33. The summed E-state index contributed by atoms with van der Waals surface area (Å²) in [4.78, 5) is 31.5. The van der Waals surface area contributed by atoms with Crippen molar-refractivity contribution in [1.82, 2.24) is 4.90 Å². The van der Waals surface area contributed by atoms with Crippen LogP contribution >= 0.6 is 0 Å². The van der Waals surface area contributed by atoms with Crippen LogP contribution in [0.1, 0.15) is 31.2 Å². The lowest BCUT2D eigenvalue weighted by molar-refractivity contribution is -0.159. The van der Waals surface area contributed by atoms with Crippen molar-refractivity contribution in [3.05, 3.63) is 35.6 Å². The molecule has 0 aromatic heterocycles. The molecule has 1 fully saturated rings. The van der Waals surface area contributed by atoms with Crippen molar-refractivity contribution in [2.45, 2.75) is 44.2 Å². The van der Waals surface area contributed by atoms with Gasteiger partial charge in [-0.15, -0.1) is 0 Å². The Labute approximate surface area is 145 Å². The first kappa shape index (κ1) is 17.4. The first-order chi connectivity index (χ1) is 12.1. The van der Waals surface area contributed by atoms with E-state index in [1.807, 2.05) is 0 Å². The van der Waals surface area contributed by atoms with Crippen molar-refractivity contribution in [2.24, 2.45) is 5.16 Å². The van der Waals surface area contributed by atoms with Crippen LogP contribution in [0.3, 0.4) is 0 Å². The molecule has 2 atom stereocenters. The number of carbonyl (C=O) groups excluding carboxylic acids is 2. The second kappa shape index (κ2) is 7.63. The first-order valence-corrected chi connectivity index (χ1v) is 8.43. The maximum absolute atomic E-state index is 13.0. The molecule has 0 bridgehead atoms. The Morgan fingerprint density at radius 1 is 1.32 bits per heavy atom. The molecule has 0 aliphatic carbocycles. The van der Waals surface area contributed by atoms with Gasteiger partial charge in [0.2, 0.25) is 6.10 Å². The molecule has 25 heavy (non-hydrogen) atoms. The quantitative estimate of drug-likeness (QED) is 0.781. The molecule has 1 aromatic rings. The Hall–Kier alpha value is -2.44. The molecule has 0 unspecified atom stereocenters. The number of hydrogen-bond donors (Lipinski definition) is 0. The molecule has 1 saturated heterocycles. The van der Waals surface area contributed by atoms with E-state index in [0.29, 0.717) is 25.8 Å². The van der Waals surface area contributed by atoms with Gasteiger partial charge in [0.15, 0.2) is 0 Å². The number of piperidine rings is 1. The van der Waals surface area contributed by atoms with Crippen LogP contribution in [0.25, 0.3) is 0 Å². The molecule has 2 heterocycles. The monoisotopic (exact) mass is 348 g/mol. The summed E-state index contributed by atoms with van der Waals surface area (Å²) in [6.45, 7) is 0.520. The number of hydrogen-bond acceptors (Lipinski definition) is 5. The van der Waals surface area contributed by atoms with Crippen molar-refractivity contribution in [2.75, 3.05) is 13.7 Å². The Balaban J connectivity index is 1.60. The average molecular weight is 348 g/mol. The Morgan fingerprint density at radius 2 is 2.08 bits per heavy atom. The molecule has 2 aliphatic rings. The third-order valence-corrected chi connectivity index (χ3v) is 4.59. The highest BCUT2D eigenvalue weighted by Crippen LogP contribution is 2.23. The minimum atomic E-state index is -0.708. The summed E-state index contributed by atoms with van der Waals surface area (Å²) in [5, 5.41) is 4.00. The van der Waals surface area contributed by atoms with E-state index in [-0.39, 0.29) is 11.7 Å². The van der Waals surface area contributed by atoms with Crippen LogP contribution in [-0.4, -0.2) is 48.3 Å². The molecule has 0 radical (unpaired) electrons. The normalized spacial score (nSPS) is 23.0. The van der Waals surface area contributed by atoms with Crippen molar-refractivity contribution >= 4 is 17.6 Å². The second-order valence-electron chi connectivity index (χ2n) is 6.33. The van der Waals surface area contributed by atoms with Crippen LogP contribution in [0.2, 0.25) is 0 Å². The van der Waals surface area contributed by atoms with Crippen LogP contribution < -0.4 is 0 Å². The van der Waals surface area contributed by atoms with Gasteiger partial charge in [-0.3, -0.25) is 4.79 Å². The van der Waals surface area contributed by atoms with Crippen molar-refractivity contribution in [3.8, 4) is 0 Å². The van der Waals surface area contributed by atoms with E-state index in [1.165, 1.54) is 19.2 Å². The summed E-state index contributed by atoms with van der Waals surface area (Å²) >= 11 is 0. The largest absolute Gasteiger partial charge is 0.467 e. The van der Waals surface area contributed by atoms with Crippen molar-refractivity contribution < 1.29 is 23.6 Å². The third-order valence-electron chi connectivity index (χ3n) is 4.59.